The van der Waals surface area contributed by atoms with Crippen LogP contribution in [0.1, 0.15) is 5.56 Å². The lowest BCUT2D eigenvalue weighted by atomic mass is 10.2. The van der Waals surface area contributed by atoms with Gasteiger partial charge in [-0.25, -0.2) is 0 Å². The fourth-order valence-electron chi connectivity index (χ4n) is 0.887. The fourth-order valence-corrected chi connectivity index (χ4v) is 1.20. The van der Waals surface area contributed by atoms with Crippen LogP contribution in [-0.2, 0) is 10.8 Å². The van der Waals surface area contributed by atoms with Crippen molar-refractivity contribution in [1.82, 2.24) is 0 Å². The van der Waals surface area contributed by atoms with Gasteiger partial charge in [-0.2, -0.15) is 0 Å². The second-order valence-corrected chi connectivity index (χ2v) is 3.87. The summed E-state index contributed by atoms with van der Waals surface area (Å²) in [5, 5.41) is 1.65. The predicted octanol–water partition coefficient (Wildman–Crippen LogP) is 2.59. The molecule has 1 aromatic rings. The molecule has 0 spiro atoms. The summed E-state index contributed by atoms with van der Waals surface area (Å²) in [6, 6.07) is 10.00. The minimum atomic E-state index is -0.855. The van der Waals surface area contributed by atoms with Crippen LogP contribution >= 0.6 is 0 Å². The maximum absolute atomic E-state index is 10.6. The smallest absolute Gasteiger partial charge is 0.0424 e. The second-order valence-electron chi connectivity index (χ2n) is 2.60. The van der Waals surface area contributed by atoms with Crippen molar-refractivity contribution in [2.45, 2.75) is 0 Å². The van der Waals surface area contributed by atoms with E-state index in [9.17, 15) is 4.21 Å². The average molecular weight is 192 g/mol. The molecule has 1 rings (SSSR count). The first-order valence-corrected chi connectivity index (χ1v) is 5.63. The quantitative estimate of drug-likeness (QED) is 0.673. The Labute approximate surface area is 81.3 Å². The molecule has 1 atom stereocenters. The van der Waals surface area contributed by atoms with Crippen molar-refractivity contribution in [3.05, 3.63) is 53.5 Å². The maximum atomic E-state index is 10.6. The van der Waals surface area contributed by atoms with Crippen LogP contribution in [0.25, 0.3) is 6.08 Å². The van der Waals surface area contributed by atoms with Gasteiger partial charge in [0.15, 0.2) is 0 Å². The van der Waals surface area contributed by atoms with Crippen molar-refractivity contribution in [2.24, 2.45) is 0 Å². The highest BCUT2D eigenvalue weighted by atomic mass is 32.2. The average Bonchev–Trinajstić information content (AvgIpc) is 2.14. The number of allylic oxidation sites excluding steroid dienone is 2. The van der Waals surface area contributed by atoms with Crippen LogP contribution < -0.4 is 0 Å². The molecule has 13 heavy (non-hydrogen) atoms. The fraction of sp³-hybridized carbons (Fsp3) is 0.0909. The molecule has 0 aromatic heterocycles. The van der Waals surface area contributed by atoms with Gasteiger partial charge in [0.1, 0.15) is 0 Å². The van der Waals surface area contributed by atoms with Crippen LogP contribution in [0.4, 0.5) is 0 Å². The summed E-state index contributed by atoms with van der Waals surface area (Å²) in [5.74, 6) is 0. The normalized spacial score (nSPS) is 13.9. The lowest BCUT2D eigenvalue weighted by Crippen LogP contribution is -1.72. The van der Waals surface area contributed by atoms with Crippen molar-refractivity contribution in [3.8, 4) is 0 Å². The molecular weight excluding hydrogens is 180 g/mol. The van der Waals surface area contributed by atoms with E-state index < -0.39 is 10.8 Å². The zero-order valence-corrected chi connectivity index (χ0v) is 8.33. The summed E-state index contributed by atoms with van der Waals surface area (Å²) in [6.45, 7) is 0. The van der Waals surface area contributed by atoms with Crippen LogP contribution in [0.15, 0.2) is 47.9 Å². The zero-order valence-electron chi connectivity index (χ0n) is 7.51. The van der Waals surface area contributed by atoms with Crippen molar-refractivity contribution in [2.75, 3.05) is 6.26 Å². The summed E-state index contributed by atoms with van der Waals surface area (Å²) < 4.78 is 10.6. The van der Waals surface area contributed by atoms with E-state index in [1.54, 1.807) is 17.7 Å². The molecule has 0 aliphatic rings. The first-order chi connectivity index (χ1) is 6.29. The Bertz CT molecular complexity index is 325. The van der Waals surface area contributed by atoms with Crippen molar-refractivity contribution < 1.29 is 4.21 Å². The summed E-state index contributed by atoms with van der Waals surface area (Å²) in [7, 11) is -0.855. The molecule has 0 heterocycles. The molecule has 0 saturated heterocycles. The van der Waals surface area contributed by atoms with Crippen LogP contribution in [-0.4, -0.2) is 10.5 Å². The maximum Gasteiger partial charge on any atom is 0.0424 e. The van der Waals surface area contributed by atoms with E-state index in [0.717, 1.165) is 5.56 Å². The van der Waals surface area contributed by atoms with Gasteiger partial charge in [-0.15, -0.1) is 0 Å². The number of hydrogen-bond acceptors (Lipinski definition) is 1. The largest absolute Gasteiger partial charge is 0.255 e. The molecule has 0 fully saturated rings. The van der Waals surface area contributed by atoms with Gasteiger partial charge in [0.05, 0.1) is 0 Å². The monoisotopic (exact) mass is 192 g/mol. The van der Waals surface area contributed by atoms with Crippen LogP contribution in [0.3, 0.4) is 0 Å². The minimum Gasteiger partial charge on any atom is -0.255 e. The Morgan fingerprint density at radius 2 is 1.85 bits per heavy atom. The highest BCUT2D eigenvalue weighted by molar-refractivity contribution is 7.87. The van der Waals surface area contributed by atoms with Gasteiger partial charge in [0.25, 0.3) is 0 Å². The highest BCUT2D eigenvalue weighted by Gasteiger charge is 1.80. The summed E-state index contributed by atoms with van der Waals surface area (Å²) in [4.78, 5) is 0. The first kappa shape index (κ1) is 9.93. The van der Waals surface area contributed by atoms with Crippen molar-refractivity contribution in [1.29, 1.82) is 0 Å². The lowest BCUT2D eigenvalue weighted by molar-refractivity contribution is 0.691. The van der Waals surface area contributed by atoms with Crippen LogP contribution in [0.5, 0.6) is 0 Å². The van der Waals surface area contributed by atoms with Gasteiger partial charge in [0, 0.05) is 22.5 Å². The van der Waals surface area contributed by atoms with E-state index >= 15 is 0 Å². The van der Waals surface area contributed by atoms with Crippen LogP contribution in [0, 0.1) is 0 Å². The Balaban J connectivity index is 2.55. The molecule has 0 saturated carbocycles. The Morgan fingerprint density at radius 3 is 2.46 bits per heavy atom. The topological polar surface area (TPSA) is 17.1 Å². The Morgan fingerprint density at radius 1 is 1.15 bits per heavy atom. The molecule has 0 aliphatic heterocycles. The summed E-state index contributed by atoms with van der Waals surface area (Å²) in [5.41, 5.74) is 1.15. The lowest BCUT2D eigenvalue weighted by Gasteiger charge is -1.88. The minimum absolute atomic E-state index is 0.855. The third kappa shape index (κ3) is 4.43. The molecule has 0 bridgehead atoms. The third-order valence-electron chi connectivity index (χ3n) is 1.47. The number of hydrogen-bond donors (Lipinski definition) is 0. The van der Waals surface area contributed by atoms with Crippen molar-refractivity contribution in [3.63, 3.8) is 0 Å². The number of rotatable bonds is 3. The van der Waals surface area contributed by atoms with E-state index in [4.69, 9.17) is 0 Å². The third-order valence-corrected chi connectivity index (χ3v) is 2.01. The van der Waals surface area contributed by atoms with E-state index in [1.807, 2.05) is 42.5 Å². The van der Waals surface area contributed by atoms with Gasteiger partial charge in [0.2, 0.25) is 0 Å². The first-order valence-electron chi connectivity index (χ1n) is 4.01. The van der Waals surface area contributed by atoms with Gasteiger partial charge in [-0.05, 0) is 5.56 Å². The Hall–Kier alpha value is -1.15. The molecule has 0 unspecified atom stereocenters. The molecule has 0 amide bonds. The molecule has 0 N–H and O–H groups in total. The summed E-state index contributed by atoms with van der Waals surface area (Å²) in [6.07, 6.45) is 7.30. The van der Waals surface area contributed by atoms with E-state index in [0.29, 0.717) is 0 Å². The van der Waals surface area contributed by atoms with Gasteiger partial charge in [-0.1, -0.05) is 48.6 Å². The van der Waals surface area contributed by atoms with Crippen LogP contribution in [0.2, 0.25) is 0 Å². The standard InChI is InChI=1S/C11H12OS/c1-13(12)10-6-5-9-11-7-3-2-4-8-11/h2-10H,1H3/b9-5+,10-6-/t13-/m1/s1. The molecule has 0 radical (unpaired) electrons. The molecule has 68 valence electrons. The van der Waals surface area contributed by atoms with Gasteiger partial charge in [-0.3, -0.25) is 4.21 Å². The second kappa shape index (κ2) is 5.49. The molecule has 2 heteroatoms. The van der Waals surface area contributed by atoms with Gasteiger partial charge < -0.3 is 0 Å². The molecule has 0 aliphatic carbocycles. The molecule has 1 aromatic carbocycles. The van der Waals surface area contributed by atoms with Gasteiger partial charge >= 0.3 is 0 Å². The molecule has 1 nitrogen and oxygen atoms in total. The zero-order chi connectivity index (χ0) is 9.52. The van der Waals surface area contributed by atoms with E-state index in [-0.39, 0.29) is 0 Å². The highest BCUT2D eigenvalue weighted by Crippen LogP contribution is 2.00. The molecular formula is C11H12OS. The SMILES string of the molecule is C[S@@](=O)/C=C\C=C\c1ccccc1. The Kier molecular flexibility index (Phi) is 4.19. The van der Waals surface area contributed by atoms with Crippen molar-refractivity contribution >= 4 is 16.9 Å². The van der Waals surface area contributed by atoms with E-state index in [1.165, 1.54) is 0 Å². The predicted molar refractivity (Wildman–Crippen MR) is 58.7 cm³/mol. The summed E-state index contributed by atoms with van der Waals surface area (Å²) >= 11 is 0. The number of benzene rings is 1. The van der Waals surface area contributed by atoms with E-state index in [2.05, 4.69) is 0 Å².